The summed E-state index contributed by atoms with van der Waals surface area (Å²) in [6.45, 7) is 2.21. The van der Waals surface area contributed by atoms with E-state index in [1.807, 2.05) is 6.92 Å². The van der Waals surface area contributed by atoms with Crippen LogP contribution in [0.4, 0.5) is 0 Å². The Bertz CT molecular complexity index is 404. The van der Waals surface area contributed by atoms with Crippen LogP contribution in [-0.4, -0.2) is 18.4 Å². The van der Waals surface area contributed by atoms with Gasteiger partial charge in [0.15, 0.2) is 5.78 Å². The molecule has 0 aliphatic heterocycles. The molecule has 0 fully saturated rings. The second-order valence-electron chi connectivity index (χ2n) is 4.90. The summed E-state index contributed by atoms with van der Waals surface area (Å²) in [6.07, 6.45) is 9.37. The van der Waals surface area contributed by atoms with Crippen molar-refractivity contribution in [2.75, 3.05) is 6.61 Å². The van der Waals surface area contributed by atoms with Gasteiger partial charge >= 0.3 is 5.97 Å². The van der Waals surface area contributed by atoms with E-state index >= 15 is 0 Å². The van der Waals surface area contributed by atoms with E-state index in [-0.39, 0.29) is 17.7 Å². The zero-order valence-electron chi connectivity index (χ0n) is 10.9. The largest absolute Gasteiger partial charge is 0.465 e. The molecule has 98 valence electrons. The minimum Gasteiger partial charge on any atom is -0.465 e. The third-order valence-corrected chi connectivity index (χ3v) is 3.60. The normalized spacial score (nSPS) is 21.3. The number of ether oxygens (including phenoxy) is 1. The first-order valence-electron chi connectivity index (χ1n) is 6.81. The predicted octanol–water partition coefficient (Wildman–Crippen LogP) is 2.96. The lowest BCUT2D eigenvalue weighted by molar-refractivity contribution is -0.145. The fourth-order valence-electron chi connectivity index (χ4n) is 2.74. The van der Waals surface area contributed by atoms with Crippen molar-refractivity contribution in [2.24, 2.45) is 5.92 Å². The lowest BCUT2D eigenvalue weighted by Crippen LogP contribution is -2.22. The van der Waals surface area contributed by atoms with Crippen molar-refractivity contribution in [3.63, 3.8) is 0 Å². The van der Waals surface area contributed by atoms with Crippen molar-refractivity contribution >= 4 is 11.8 Å². The molecule has 0 amide bonds. The third-order valence-electron chi connectivity index (χ3n) is 3.60. The van der Waals surface area contributed by atoms with Gasteiger partial charge in [-0.05, 0) is 50.7 Å². The number of esters is 1. The fraction of sp³-hybridized carbons (Fsp3) is 0.600. The number of carbonyl (C=O) groups excluding carboxylic acids is 2. The molecule has 2 rings (SSSR count). The highest BCUT2D eigenvalue weighted by Gasteiger charge is 2.31. The van der Waals surface area contributed by atoms with Gasteiger partial charge < -0.3 is 4.74 Å². The summed E-state index contributed by atoms with van der Waals surface area (Å²) in [5.74, 6) is -0.348. The van der Waals surface area contributed by atoms with Gasteiger partial charge in [0.2, 0.25) is 0 Å². The Kier molecular flexibility index (Phi) is 4.34. The molecular formula is C15H20O3. The van der Waals surface area contributed by atoms with Crippen LogP contribution in [0.1, 0.15) is 45.4 Å². The number of rotatable bonds is 4. The van der Waals surface area contributed by atoms with E-state index in [1.54, 1.807) is 6.08 Å². The van der Waals surface area contributed by atoms with E-state index in [0.717, 1.165) is 30.4 Å². The van der Waals surface area contributed by atoms with Gasteiger partial charge in [0.05, 0.1) is 12.5 Å². The van der Waals surface area contributed by atoms with E-state index in [4.69, 9.17) is 4.74 Å². The molecule has 0 saturated carbocycles. The van der Waals surface area contributed by atoms with Crippen LogP contribution in [0.15, 0.2) is 23.3 Å². The molecule has 0 bridgehead atoms. The Balaban J connectivity index is 2.22. The molecule has 3 heteroatoms. The maximum absolute atomic E-state index is 12.1. The van der Waals surface area contributed by atoms with Gasteiger partial charge in [-0.1, -0.05) is 11.6 Å². The molecule has 0 saturated heterocycles. The smallest absolute Gasteiger partial charge is 0.317 e. The molecule has 2 aliphatic carbocycles. The van der Waals surface area contributed by atoms with E-state index < -0.39 is 0 Å². The molecule has 18 heavy (non-hydrogen) atoms. The van der Waals surface area contributed by atoms with Gasteiger partial charge in [0.25, 0.3) is 0 Å². The van der Waals surface area contributed by atoms with Crippen LogP contribution in [0.3, 0.4) is 0 Å². The number of hydrogen-bond donors (Lipinski definition) is 0. The minimum atomic E-state index is -0.295. The Hall–Kier alpha value is -1.38. The third kappa shape index (κ3) is 2.89. The van der Waals surface area contributed by atoms with Gasteiger partial charge in [-0.25, -0.2) is 0 Å². The highest BCUT2D eigenvalue weighted by Crippen LogP contribution is 2.34. The van der Waals surface area contributed by atoms with Crippen LogP contribution < -0.4 is 0 Å². The van der Waals surface area contributed by atoms with Crippen molar-refractivity contribution in [3.05, 3.63) is 23.3 Å². The number of ketones is 1. The van der Waals surface area contributed by atoms with Gasteiger partial charge in [0, 0.05) is 6.42 Å². The molecule has 0 aromatic heterocycles. The molecule has 3 nitrogen and oxygen atoms in total. The molecular weight excluding hydrogens is 228 g/mol. The highest BCUT2D eigenvalue weighted by molar-refractivity contribution is 5.95. The highest BCUT2D eigenvalue weighted by atomic mass is 16.5. The van der Waals surface area contributed by atoms with E-state index in [0.29, 0.717) is 19.4 Å². The maximum Gasteiger partial charge on any atom is 0.317 e. The average Bonchev–Trinajstić information content (AvgIpc) is 2.78. The number of carbonyl (C=O) groups is 2. The molecule has 0 aromatic carbocycles. The molecule has 1 atom stereocenters. The summed E-state index contributed by atoms with van der Waals surface area (Å²) in [7, 11) is 0. The Morgan fingerprint density at radius 1 is 1.28 bits per heavy atom. The lowest BCUT2D eigenvalue weighted by atomic mass is 9.84. The van der Waals surface area contributed by atoms with Gasteiger partial charge in [-0.3, -0.25) is 9.59 Å². The minimum absolute atomic E-state index is 0.135. The summed E-state index contributed by atoms with van der Waals surface area (Å²) in [5, 5.41) is 0. The van der Waals surface area contributed by atoms with Crippen molar-refractivity contribution in [2.45, 2.75) is 45.4 Å². The van der Waals surface area contributed by atoms with Crippen LogP contribution in [0, 0.1) is 5.92 Å². The van der Waals surface area contributed by atoms with Crippen LogP contribution in [0.25, 0.3) is 0 Å². The van der Waals surface area contributed by atoms with Crippen LogP contribution in [-0.2, 0) is 14.3 Å². The quantitative estimate of drug-likeness (QED) is 0.567. The molecule has 1 unspecified atom stereocenters. The monoisotopic (exact) mass is 248 g/mol. The van der Waals surface area contributed by atoms with Gasteiger partial charge in [-0.2, -0.15) is 0 Å². The molecule has 2 aliphatic rings. The zero-order valence-corrected chi connectivity index (χ0v) is 10.9. The van der Waals surface area contributed by atoms with Crippen molar-refractivity contribution in [3.8, 4) is 0 Å². The lowest BCUT2D eigenvalue weighted by Gasteiger charge is -2.22. The number of hydrogen-bond acceptors (Lipinski definition) is 3. The van der Waals surface area contributed by atoms with Crippen LogP contribution in [0.2, 0.25) is 0 Å². The van der Waals surface area contributed by atoms with Crippen molar-refractivity contribution in [1.29, 1.82) is 0 Å². The molecule has 0 spiro atoms. The van der Waals surface area contributed by atoms with E-state index in [9.17, 15) is 9.59 Å². The summed E-state index contributed by atoms with van der Waals surface area (Å²) in [5.41, 5.74) is 2.10. The van der Waals surface area contributed by atoms with Crippen molar-refractivity contribution in [1.82, 2.24) is 0 Å². The first-order valence-corrected chi connectivity index (χ1v) is 6.81. The zero-order chi connectivity index (χ0) is 13.0. The molecule has 0 radical (unpaired) electrons. The predicted molar refractivity (Wildman–Crippen MR) is 69.0 cm³/mol. The maximum atomic E-state index is 12.1. The summed E-state index contributed by atoms with van der Waals surface area (Å²) in [4.78, 5) is 23.5. The molecule has 0 N–H and O–H groups in total. The topological polar surface area (TPSA) is 43.4 Å². The molecule has 0 aromatic rings. The first kappa shape index (κ1) is 13.1. The number of allylic oxidation sites excluding steroid dienone is 2. The van der Waals surface area contributed by atoms with Crippen molar-refractivity contribution < 1.29 is 14.3 Å². The molecule has 0 heterocycles. The van der Waals surface area contributed by atoms with E-state index in [2.05, 4.69) is 6.08 Å². The summed E-state index contributed by atoms with van der Waals surface area (Å²) < 4.78 is 5.17. The second kappa shape index (κ2) is 5.98. The summed E-state index contributed by atoms with van der Waals surface area (Å²) >= 11 is 0. The van der Waals surface area contributed by atoms with Gasteiger partial charge in [0.1, 0.15) is 0 Å². The Labute approximate surface area is 108 Å². The SMILES string of the molecule is CCOC(=O)C(C1=CCCCC1)C1=CC(=O)CC1. The van der Waals surface area contributed by atoms with Crippen LogP contribution in [0.5, 0.6) is 0 Å². The Morgan fingerprint density at radius 3 is 2.67 bits per heavy atom. The average molecular weight is 248 g/mol. The second-order valence-corrected chi connectivity index (χ2v) is 4.90. The Morgan fingerprint density at radius 2 is 2.11 bits per heavy atom. The standard InChI is InChI=1S/C15H20O3/c1-2-18-15(17)14(11-6-4-3-5-7-11)12-8-9-13(16)10-12/h6,10,14H,2-5,7-9H2,1H3. The first-order chi connectivity index (χ1) is 8.72. The fourth-order valence-corrected chi connectivity index (χ4v) is 2.74. The van der Waals surface area contributed by atoms with Crippen LogP contribution >= 0.6 is 0 Å². The summed E-state index contributed by atoms with van der Waals surface area (Å²) in [6, 6.07) is 0. The van der Waals surface area contributed by atoms with Gasteiger partial charge in [-0.15, -0.1) is 0 Å². The van der Waals surface area contributed by atoms with E-state index in [1.165, 1.54) is 6.42 Å².